The first kappa shape index (κ1) is 24.1. The summed E-state index contributed by atoms with van der Waals surface area (Å²) in [5, 5.41) is 14.8. The minimum atomic E-state index is -0.370. The van der Waals surface area contributed by atoms with Gasteiger partial charge in [-0.25, -0.2) is 0 Å². The van der Waals surface area contributed by atoms with E-state index in [4.69, 9.17) is 4.74 Å². The van der Waals surface area contributed by atoms with Gasteiger partial charge in [0, 0.05) is 50.0 Å². The van der Waals surface area contributed by atoms with Gasteiger partial charge in [0.25, 0.3) is 11.6 Å². The molecule has 1 N–H and O–H groups in total. The first-order chi connectivity index (χ1) is 16.9. The smallest absolute Gasteiger partial charge is 0.292 e. The van der Waals surface area contributed by atoms with Gasteiger partial charge >= 0.3 is 0 Å². The molecule has 0 aromatic heterocycles. The molecule has 182 valence electrons. The van der Waals surface area contributed by atoms with Crippen molar-refractivity contribution in [1.82, 2.24) is 4.90 Å². The van der Waals surface area contributed by atoms with Crippen LogP contribution in [0.5, 0.6) is 5.75 Å². The highest BCUT2D eigenvalue weighted by molar-refractivity contribution is 5.94. The van der Waals surface area contributed by atoms with E-state index in [1.807, 2.05) is 73.3 Å². The van der Waals surface area contributed by atoms with Crippen LogP contribution in [0.4, 0.5) is 17.1 Å². The molecular weight excluding hydrogens is 444 g/mol. The van der Waals surface area contributed by atoms with Crippen LogP contribution in [0.25, 0.3) is 0 Å². The normalized spacial score (nSPS) is 13.6. The third kappa shape index (κ3) is 6.09. The molecule has 3 aromatic rings. The number of anilines is 2. The van der Waals surface area contributed by atoms with Crippen LogP contribution >= 0.6 is 0 Å². The van der Waals surface area contributed by atoms with E-state index >= 15 is 0 Å². The van der Waals surface area contributed by atoms with Crippen molar-refractivity contribution in [2.45, 2.75) is 26.5 Å². The minimum Gasteiger partial charge on any atom is -0.491 e. The van der Waals surface area contributed by atoms with Gasteiger partial charge < -0.3 is 19.9 Å². The Bertz CT molecular complexity index is 1170. The zero-order chi connectivity index (χ0) is 24.8. The topological polar surface area (TPSA) is 88.0 Å². The van der Waals surface area contributed by atoms with E-state index in [-0.39, 0.29) is 22.6 Å². The number of nitro benzene ring substituents is 1. The predicted molar refractivity (Wildman–Crippen MR) is 137 cm³/mol. The summed E-state index contributed by atoms with van der Waals surface area (Å²) in [6.07, 6.45) is 0.0395. The second kappa shape index (κ2) is 10.9. The summed E-state index contributed by atoms with van der Waals surface area (Å²) in [5.41, 5.74) is 3.07. The predicted octanol–water partition coefficient (Wildman–Crippen LogP) is 4.96. The van der Waals surface area contributed by atoms with Gasteiger partial charge in [-0.3, -0.25) is 14.9 Å². The van der Waals surface area contributed by atoms with E-state index in [0.29, 0.717) is 49.7 Å². The van der Waals surface area contributed by atoms with E-state index in [0.717, 1.165) is 11.3 Å². The van der Waals surface area contributed by atoms with Gasteiger partial charge in [0.05, 0.1) is 11.0 Å². The first-order valence-corrected chi connectivity index (χ1v) is 11.8. The van der Waals surface area contributed by atoms with Crippen molar-refractivity contribution in [2.24, 2.45) is 0 Å². The molecule has 0 atom stereocenters. The molecule has 35 heavy (non-hydrogen) atoms. The number of ether oxygens (including phenoxy) is 1. The van der Waals surface area contributed by atoms with Crippen molar-refractivity contribution in [3.8, 4) is 5.75 Å². The molecule has 1 heterocycles. The van der Waals surface area contributed by atoms with Gasteiger partial charge in [-0.2, -0.15) is 0 Å². The van der Waals surface area contributed by atoms with Crippen LogP contribution < -0.4 is 15.0 Å². The molecule has 1 saturated heterocycles. The SMILES string of the molecule is CC(C)Oc1cccc(C(=O)N2CCN(c3ccc([N+](=O)[O-])c(NCc4ccccc4)c3)CC2)c1. The average molecular weight is 475 g/mol. The maximum absolute atomic E-state index is 13.0. The Balaban J connectivity index is 1.42. The molecule has 8 heteroatoms. The van der Waals surface area contributed by atoms with Gasteiger partial charge in [0.15, 0.2) is 0 Å². The van der Waals surface area contributed by atoms with Crippen LogP contribution in [0.1, 0.15) is 29.8 Å². The Morgan fingerprint density at radius 3 is 2.43 bits per heavy atom. The molecule has 0 saturated carbocycles. The largest absolute Gasteiger partial charge is 0.491 e. The Labute approximate surface area is 205 Å². The number of rotatable bonds is 8. The van der Waals surface area contributed by atoms with E-state index in [2.05, 4.69) is 10.2 Å². The monoisotopic (exact) mass is 474 g/mol. The van der Waals surface area contributed by atoms with Crippen LogP contribution in [0.2, 0.25) is 0 Å². The van der Waals surface area contributed by atoms with Crippen molar-refractivity contribution in [2.75, 3.05) is 36.4 Å². The summed E-state index contributed by atoms with van der Waals surface area (Å²) in [6, 6.07) is 22.2. The number of amides is 1. The number of nitro groups is 1. The van der Waals surface area contributed by atoms with Crippen molar-refractivity contribution in [3.05, 3.63) is 94.0 Å². The molecule has 1 amide bonds. The number of carbonyl (C=O) groups excluding carboxylic acids is 1. The lowest BCUT2D eigenvalue weighted by Crippen LogP contribution is -2.48. The Morgan fingerprint density at radius 2 is 1.74 bits per heavy atom. The molecule has 8 nitrogen and oxygen atoms in total. The third-order valence-corrected chi connectivity index (χ3v) is 5.89. The van der Waals surface area contributed by atoms with Crippen LogP contribution in [-0.2, 0) is 6.54 Å². The fourth-order valence-electron chi connectivity index (χ4n) is 4.14. The van der Waals surface area contributed by atoms with Crippen LogP contribution in [0, 0.1) is 10.1 Å². The molecule has 1 aliphatic heterocycles. The lowest BCUT2D eigenvalue weighted by Gasteiger charge is -2.36. The fourth-order valence-corrected chi connectivity index (χ4v) is 4.14. The quantitative estimate of drug-likeness (QED) is 0.367. The first-order valence-electron chi connectivity index (χ1n) is 11.8. The van der Waals surface area contributed by atoms with Crippen molar-refractivity contribution < 1.29 is 14.5 Å². The summed E-state index contributed by atoms with van der Waals surface area (Å²) >= 11 is 0. The summed E-state index contributed by atoms with van der Waals surface area (Å²) in [6.45, 7) is 6.82. The van der Waals surface area contributed by atoms with Crippen LogP contribution in [0.15, 0.2) is 72.8 Å². The Kier molecular flexibility index (Phi) is 7.50. The van der Waals surface area contributed by atoms with E-state index < -0.39 is 0 Å². The van der Waals surface area contributed by atoms with Crippen molar-refractivity contribution >= 4 is 23.0 Å². The number of hydrogen-bond acceptors (Lipinski definition) is 6. The van der Waals surface area contributed by atoms with Gasteiger partial charge in [-0.15, -0.1) is 0 Å². The minimum absolute atomic E-state index is 0.0206. The fraction of sp³-hybridized carbons (Fsp3) is 0.296. The zero-order valence-corrected chi connectivity index (χ0v) is 20.0. The highest BCUT2D eigenvalue weighted by atomic mass is 16.6. The molecule has 0 radical (unpaired) electrons. The lowest BCUT2D eigenvalue weighted by molar-refractivity contribution is -0.384. The number of carbonyl (C=O) groups is 1. The van der Waals surface area contributed by atoms with Crippen LogP contribution in [-0.4, -0.2) is 48.0 Å². The standard InChI is InChI=1S/C27H30N4O4/c1-20(2)35-24-10-6-9-22(17-24)27(32)30-15-13-29(14-16-30)23-11-12-26(31(33)34)25(18-23)28-19-21-7-4-3-5-8-21/h3-12,17-18,20,28H,13-16,19H2,1-2H3. The molecule has 0 spiro atoms. The Morgan fingerprint density at radius 1 is 1.00 bits per heavy atom. The second-order valence-electron chi connectivity index (χ2n) is 8.77. The molecule has 1 aliphatic rings. The molecule has 0 bridgehead atoms. The van der Waals surface area contributed by atoms with Gasteiger partial charge in [-0.1, -0.05) is 36.4 Å². The van der Waals surface area contributed by atoms with Crippen LogP contribution in [0.3, 0.4) is 0 Å². The maximum Gasteiger partial charge on any atom is 0.292 e. The van der Waals surface area contributed by atoms with E-state index in [1.165, 1.54) is 0 Å². The Hall–Kier alpha value is -4.07. The molecule has 0 unspecified atom stereocenters. The molecule has 0 aliphatic carbocycles. The number of benzene rings is 3. The average Bonchev–Trinajstić information content (AvgIpc) is 2.87. The highest BCUT2D eigenvalue weighted by Gasteiger charge is 2.24. The number of nitrogens with zero attached hydrogens (tertiary/aromatic N) is 3. The summed E-state index contributed by atoms with van der Waals surface area (Å²) in [5.74, 6) is 0.665. The summed E-state index contributed by atoms with van der Waals surface area (Å²) in [4.78, 5) is 28.2. The lowest BCUT2D eigenvalue weighted by atomic mass is 10.1. The summed E-state index contributed by atoms with van der Waals surface area (Å²) < 4.78 is 5.72. The molecule has 3 aromatic carbocycles. The highest BCUT2D eigenvalue weighted by Crippen LogP contribution is 2.31. The molecule has 4 rings (SSSR count). The van der Waals surface area contributed by atoms with Crippen molar-refractivity contribution in [1.29, 1.82) is 0 Å². The van der Waals surface area contributed by atoms with Gasteiger partial charge in [-0.05, 0) is 49.7 Å². The molecule has 1 fully saturated rings. The van der Waals surface area contributed by atoms with Crippen molar-refractivity contribution in [3.63, 3.8) is 0 Å². The van der Waals surface area contributed by atoms with E-state index in [1.54, 1.807) is 18.2 Å². The molecular formula is C27H30N4O4. The summed E-state index contributed by atoms with van der Waals surface area (Å²) in [7, 11) is 0. The van der Waals surface area contributed by atoms with Gasteiger partial charge in [0.2, 0.25) is 0 Å². The van der Waals surface area contributed by atoms with Gasteiger partial charge in [0.1, 0.15) is 11.4 Å². The van der Waals surface area contributed by atoms with E-state index in [9.17, 15) is 14.9 Å². The number of piperazine rings is 1. The zero-order valence-electron chi connectivity index (χ0n) is 20.0. The second-order valence-corrected chi connectivity index (χ2v) is 8.77. The third-order valence-electron chi connectivity index (χ3n) is 5.89. The number of hydrogen-bond donors (Lipinski definition) is 1. The maximum atomic E-state index is 13.0. The number of nitrogens with one attached hydrogen (secondary N) is 1.